The van der Waals surface area contributed by atoms with Crippen molar-refractivity contribution < 1.29 is 9.53 Å². The fourth-order valence-corrected chi connectivity index (χ4v) is 3.90. The molecule has 0 bridgehead atoms. The lowest BCUT2D eigenvalue weighted by molar-refractivity contribution is 0.0981. The van der Waals surface area contributed by atoms with Crippen LogP contribution in [0.3, 0.4) is 0 Å². The van der Waals surface area contributed by atoms with Gasteiger partial charge in [-0.15, -0.1) is 11.3 Å². The third-order valence-electron chi connectivity index (χ3n) is 4.47. The summed E-state index contributed by atoms with van der Waals surface area (Å²) in [5.41, 5.74) is 2.91. The monoisotopic (exact) mass is 349 g/mol. The molecule has 0 N–H and O–H groups in total. The molecule has 1 aliphatic heterocycles. The van der Waals surface area contributed by atoms with Gasteiger partial charge in [0, 0.05) is 22.2 Å². The molecule has 0 unspecified atom stereocenters. The van der Waals surface area contributed by atoms with Gasteiger partial charge in [0.1, 0.15) is 12.4 Å². The van der Waals surface area contributed by atoms with Gasteiger partial charge < -0.3 is 9.64 Å². The SMILES string of the molecule is C[C@H]1Cc2ccccc2N1C(=O)c1cccc(OCc2cccs2)c1. The molecule has 25 heavy (non-hydrogen) atoms. The summed E-state index contributed by atoms with van der Waals surface area (Å²) in [4.78, 5) is 16.1. The van der Waals surface area contributed by atoms with Crippen molar-refractivity contribution in [2.45, 2.75) is 26.0 Å². The first kappa shape index (κ1) is 15.9. The maximum atomic E-state index is 13.1. The first-order valence-corrected chi connectivity index (χ1v) is 9.27. The molecule has 1 amide bonds. The maximum Gasteiger partial charge on any atom is 0.258 e. The van der Waals surface area contributed by atoms with Gasteiger partial charge in [0.05, 0.1) is 0 Å². The Morgan fingerprint density at radius 3 is 2.88 bits per heavy atom. The summed E-state index contributed by atoms with van der Waals surface area (Å²) < 4.78 is 5.84. The third-order valence-corrected chi connectivity index (χ3v) is 5.32. The van der Waals surface area contributed by atoms with Crippen LogP contribution in [-0.2, 0) is 13.0 Å². The van der Waals surface area contributed by atoms with E-state index < -0.39 is 0 Å². The molecule has 0 fully saturated rings. The van der Waals surface area contributed by atoms with Crippen LogP contribution in [0.4, 0.5) is 5.69 Å². The van der Waals surface area contributed by atoms with Crippen LogP contribution in [0.15, 0.2) is 66.0 Å². The Labute approximate surface area is 151 Å². The number of para-hydroxylation sites is 1. The van der Waals surface area contributed by atoms with Gasteiger partial charge in [0.2, 0.25) is 0 Å². The minimum absolute atomic E-state index is 0.0269. The molecular formula is C21H19NO2S. The van der Waals surface area contributed by atoms with Gasteiger partial charge in [-0.25, -0.2) is 0 Å². The van der Waals surface area contributed by atoms with Gasteiger partial charge in [-0.3, -0.25) is 4.79 Å². The molecular weight excluding hydrogens is 330 g/mol. The summed E-state index contributed by atoms with van der Waals surface area (Å²) in [6.07, 6.45) is 0.899. The number of rotatable bonds is 4. The molecule has 2 aromatic carbocycles. The predicted molar refractivity (Wildman–Crippen MR) is 102 cm³/mol. The number of ether oxygens (including phenoxy) is 1. The molecule has 4 heteroatoms. The summed E-state index contributed by atoms with van der Waals surface area (Å²) in [6.45, 7) is 2.62. The largest absolute Gasteiger partial charge is 0.488 e. The van der Waals surface area contributed by atoms with Crippen LogP contribution in [0.5, 0.6) is 5.75 Å². The molecule has 0 aliphatic carbocycles. The van der Waals surface area contributed by atoms with E-state index in [4.69, 9.17) is 4.74 Å². The number of hydrogen-bond acceptors (Lipinski definition) is 3. The van der Waals surface area contributed by atoms with Gasteiger partial charge in [0.25, 0.3) is 5.91 Å². The van der Waals surface area contributed by atoms with Gasteiger partial charge in [0.15, 0.2) is 0 Å². The number of carbonyl (C=O) groups is 1. The Morgan fingerprint density at radius 2 is 2.04 bits per heavy atom. The number of carbonyl (C=O) groups excluding carboxylic acids is 1. The second kappa shape index (κ2) is 6.73. The molecule has 0 radical (unpaired) electrons. The molecule has 4 rings (SSSR count). The summed E-state index contributed by atoms with van der Waals surface area (Å²) in [7, 11) is 0. The van der Waals surface area contributed by atoms with Crippen LogP contribution in [0.2, 0.25) is 0 Å². The van der Waals surface area contributed by atoms with Crippen molar-refractivity contribution in [2.75, 3.05) is 4.90 Å². The van der Waals surface area contributed by atoms with E-state index in [0.717, 1.165) is 17.9 Å². The quantitative estimate of drug-likeness (QED) is 0.669. The summed E-state index contributed by atoms with van der Waals surface area (Å²) in [6, 6.07) is 19.8. The zero-order valence-electron chi connectivity index (χ0n) is 14.0. The molecule has 126 valence electrons. The highest BCUT2D eigenvalue weighted by Crippen LogP contribution is 2.33. The first-order chi connectivity index (χ1) is 12.2. The molecule has 0 spiro atoms. The molecule has 1 aliphatic rings. The Kier molecular flexibility index (Phi) is 4.28. The number of amides is 1. The Balaban J connectivity index is 1.55. The molecule has 1 atom stereocenters. The van der Waals surface area contributed by atoms with Gasteiger partial charge in [-0.2, -0.15) is 0 Å². The standard InChI is InChI=1S/C21H19NO2S/c1-15-12-16-6-2-3-10-20(16)22(15)21(23)17-7-4-8-18(13-17)24-14-19-9-5-11-25-19/h2-11,13,15H,12,14H2,1H3/t15-/m0/s1. The molecule has 0 saturated carbocycles. The van der Waals surface area contributed by atoms with Crippen LogP contribution in [-0.4, -0.2) is 11.9 Å². The highest BCUT2D eigenvalue weighted by molar-refractivity contribution is 7.09. The van der Waals surface area contributed by atoms with Crippen LogP contribution < -0.4 is 9.64 Å². The van der Waals surface area contributed by atoms with Gasteiger partial charge in [-0.05, 0) is 54.6 Å². The van der Waals surface area contributed by atoms with Crippen molar-refractivity contribution in [3.05, 3.63) is 82.0 Å². The van der Waals surface area contributed by atoms with E-state index in [1.807, 2.05) is 64.9 Å². The minimum Gasteiger partial charge on any atom is -0.488 e. The lowest BCUT2D eigenvalue weighted by Gasteiger charge is -2.23. The molecule has 2 heterocycles. The average molecular weight is 349 g/mol. The number of hydrogen-bond donors (Lipinski definition) is 0. The van der Waals surface area contributed by atoms with E-state index in [-0.39, 0.29) is 11.9 Å². The zero-order valence-corrected chi connectivity index (χ0v) is 14.8. The normalized spacial score (nSPS) is 15.9. The Bertz CT molecular complexity index is 888. The number of anilines is 1. The summed E-state index contributed by atoms with van der Waals surface area (Å²) in [5.74, 6) is 0.749. The maximum absolute atomic E-state index is 13.1. The third kappa shape index (κ3) is 3.17. The van der Waals surface area contributed by atoms with Crippen molar-refractivity contribution in [2.24, 2.45) is 0 Å². The second-order valence-corrected chi connectivity index (χ2v) is 7.29. The second-order valence-electron chi connectivity index (χ2n) is 6.25. The van der Waals surface area contributed by atoms with Crippen molar-refractivity contribution in [3.63, 3.8) is 0 Å². The lowest BCUT2D eigenvalue weighted by atomic mass is 10.1. The predicted octanol–water partition coefficient (Wildman–Crippen LogP) is 4.92. The zero-order chi connectivity index (χ0) is 17.2. The van der Waals surface area contributed by atoms with Crippen LogP contribution in [0, 0.1) is 0 Å². The van der Waals surface area contributed by atoms with E-state index >= 15 is 0 Å². The van der Waals surface area contributed by atoms with Crippen molar-refractivity contribution in [1.29, 1.82) is 0 Å². The first-order valence-electron chi connectivity index (χ1n) is 8.39. The summed E-state index contributed by atoms with van der Waals surface area (Å²) in [5, 5.41) is 2.03. The van der Waals surface area contributed by atoms with E-state index in [0.29, 0.717) is 12.2 Å². The van der Waals surface area contributed by atoms with Crippen molar-refractivity contribution in [3.8, 4) is 5.75 Å². The number of nitrogens with zero attached hydrogens (tertiary/aromatic N) is 1. The fourth-order valence-electron chi connectivity index (χ4n) is 3.28. The van der Waals surface area contributed by atoms with E-state index in [1.165, 1.54) is 10.4 Å². The van der Waals surface area contributed by atoms with E-state index in [9.17, 15) is 4.79 Å². The van der Waals surface area contributed by atoms with Crippen molar-refractivity contribution in [1.82, 2.24) is 0 Å². The summed E-state index contributed by atoms with van der Waals surface area (Å²) >= 11 is 1.67. The van der Waals surface area contributed by atoms with Crippen LogP contribution >= 0.6 is 11.3 Å². The highest BCUT2D eigenvalue weighted by atomic mass is 32.1. The molecule has 1 aromatic heterocycles. The number of benzene rings is 2. The van der Waals surface area contributed by atoms with E-state index in [2.05, 4.69) is 13.0 Å². The number of fused-ring (bicyclic) bond motifs is 1. The van der Waals surface area contributed by atoms with Crippen LogP contribution in [0.1, 0.15) is 27.7 Å². The Hall–Kier alpha value is -2.59. The smallest absolute Gasteiger partial charge is 0.258 e. The highest BCUT2D eigenvalue weighted by Gasteiger charge is 2.31. The van der Waals surface area contributed by atoms with E-state index in [1.54, 1.807) is 11.3 Å². The molecule has 0 saturated heterocycles. The number of thiophene rings is 1. The topological polar surface area (TPSA) is 29.5 Å². The lowest BCUT2D eigenvalue weighted by Crippen LogP contribution is -2.35. The Morgan fingerprint density at radius 1 is 1.16 bits per heavy atom. The minimum atomic E-state index is 0.0269. The van der Waals surface area contributed by atoms with Gasteiger partial charge >= 0.3 is 0 Å². The molecule has 3 nitrogen and oxygen atoms in total. The fraction of sp³-hybridized carbons (Fsp3) is 0.190. The molecule has 3 aromatic rings. The van der Waals surface area contributed by atoms with Crippen LogP contribution in [0.25, 0.3) is 0 Å². The average Bonchev–Trinajstić information content (AvgIpc) is 3.26. The van der Waals surface area contributed by atoms with Crippen molar-refractivity contribution >= 4 is 22.9 Å². The van der Waals surface area contributed by atoms with Gasteiger partial charge in [-0.1, -0.05) is 30.3 Å².